The lowest BCUT2D eigenvalue weighted by molar-refractivity contribution is 0.0740. The van der Waals surface area contributed by atoms with Crippen LogP contribution in [0.4, 0.5) is 5.69 Å². The third-order valence-electron chi connectivity index (χ3n) is 6.13. The molecule has 27 heavy (non-hydrogen) atoms. The summed E-state index contributed by atoms with van der Waals surface area (Å²) in [6.07, 6.45) is 2.32. The lowest BCUT2D eigenvalue weighted by atomic mass is 9.93. The van der Waals surface area contributed by atoms with Crippen molar-refractivity contribution in [2.45, 2.75) is 40.0 Å². The van der Waals surface area contributed by atoms with Crippen molar-refractivity contribution in [1.82, 2.24) is 9.88 Å². The quantitative estimate of drug-likeness (QED) is 0.887. The second kappa shape index (κ2) is 6.87. The standard InChI is InChI=1S/C22H27N3O2/c1-14-6-4-8-18(15(14)2)24-10-12-25(13-11-24)22(27)21-16(3)20-17(23-21)7-5-9-19(20)26/h4,6,8,23H,5,7,9-13H2,1-3H3. The monoisotopic (exact) mass is 365 g/mol. The van der Waals surface area contributed by atoms with Crippen LogP contribution in [0.25, 0.3) is 0 Å². The number of carbonyl (C=O) groups excluding carboxylic acids is 2. The zero-order chi connectivity index (χ0) is 19.1. The first kappa shape index (κ1) is 17.8. The molecule has 0 radical (unpaired) electrons. The highest BCUT2D eigenvalue weighted by Gasteiger charge is 2.30. The number of amides is 1. The van der Waals surface area contributed by atoms with Gasteiger partial charge in [0.25, 0.3) is 5.91 Å². The first-order chi connectivity index (χ1) is 13.0. The van der Waals surface area contributed by atoms with E-state index < -0.39 is 0 Å². The summed E-state index contributed by atoms with van der Waals surface area (Å²) in [4.78, 5) is 32.8. The van der Waals surface area contributed by atoms with E-state index in [4.69, 9.17) is 0 Å². The Morgan fingerprint density at radius 1 is 1.00 bits per heavy atom. The van der Waals surface area contributed by atoms with Gasteiger partial charge in [-0.15, -0.1) is 0 Å². The topological polar surface area (TPSA) is 56.4 Å². The fraction of sp³-hybridized carbons (Fsp3) is 0.455. The van der Waals surface area contributed by atoms with Crippen LogP contribution < -0.4 is 4.90 Å². The average molecular weight is 365 g/mol. The van der Waals surface area contributed by atoms with Crippen molar-refractivity contribution in [3.63, 3.8) is 0 Å². The molecule has 1 fully saturated rings. The number of aromatic amines is 1. The van der Waals surface area contributed by atoms with Crippen molar-refractivity contribution >= 4 is 17.4 Å². The lowest BCUT2D eigenvalue weighted by Crippen LogP contribution is -2.49. The van der Waals surface area contributed by atoms with Gasteiger partial charge in [-0.05, 0) is 56.4 Å². The minimum Gasteiger partial charge on any atom is -0.368 e. The molecular formula is C22H27N3O2. The zero-order valence-electron chi connectivity index (χ0n) is 16.4. The number of hydrogen-bond acceptors (Lipinski definition) is 3. The highest BCUT2D eigenvalue weighted by atomic mass is 16.2. The van der Waals surface area contributed by atoms with Gasteiger partial charge in [-0.3, -0.25) is 9.59 Å². The van der Waals surface area contributed by atoms with Gasteiger partial charge in [-0.1, -0.05) is 12.1 Å². The number of fused-ring (bicyclic) bond motifs is 1. The van der Waals surface area contributed by atoms with Gasteiger partial charge in [0.1, 0.15) is 5.69 Å². The van der Waals surface area contributed by atoms with Crippen LogP contribution in [0.1, 0.15) is 56.1 Å². The number of piperazine rings is 1. The van der Waals surface area contributed by atoms with E-state index in [0.717, 1.165) is 42.8 Å². The van der Waals surface area contributed by atoms with Gasteiger partial charge in [0.2, 0.25) is 0 Å². The number of aromatic nitrogens is 1. The van der Waals surface area contributed by atoms with Crippen LogP contribution in [0.5, 0.6) is 0 Å². The number of hydrogen-bond donors (Lipinski definition) is 1. The Morgan fingerprint density at radius 2 is 1.74 bits per heavy atom. The number of nitrogens with zero attached hydrogens (tertiary/aromatic N) is 2. The number of Topliss-reactive ketones (excluding diaryl/α,β-unsaturated/α-hetero) is 1. The maximum Gasteiger partial charge on any atom is 0.270 e. The fourth-order valence-electron chi connectivity index (χ4n) is 4.37. The molecule has 1 amide bonds. The Hall–Kier alpha value is -2.56. The SMILES string of the molecule is Cc1cccc(N2CCN(C(=O)c3[nH]c4c(c3C)C(=O)CCC4)CC2)c1C. The smallest absolute Gasteiger partial charge is 0.270 e. The number of benzene rings is 1. The van der Waals surface area contributed by atoms with Gasteiger partial charge in [-0.25, -0.2) is 0 Å². The van der Waals surface area contributed by atoms with Gasteiger partial charge in [-0.2, -0.15) is 0 Å². The summed E-state index contributed by atoms with van der Waals surface area (Å²) in [7, 11) is 0. The van der Waals surface area contributed by atoms with Crippen LogP contribution in [0.2, 0.25) is 0 Å². The normalized spacial score (nSPS) is 17.2. The number of ketones is 1. The second-order valence-corrected chi connectivity index (χ2v) is 7.75. The lowest BCUT2D eigenvalue weighted by Gasteiger charge is -2.37. The van der Waals surface area contributed by atoms with Crippen LogP contribution in [0, 0.1) is 20.8 Å². The molecule has 0 saturated carbocycles. The Morgan fingerprint density at radius 3 is 2.44 bits per heavy atom. The van der Waals surface area contributed by atoms with Crippen molar-refractivity contribution in [1.29, 1.82) is 0 Å². The van der Waals surface area contributed by atoms with Crippen molar-refractivity contribution in [2.24, 2.45) is 0 Å². The summed E-state index contributed by atoms with van der Waals surface area (Å²) >= 11 is 0. The summed E-state index contributed by atoms with van der Waals surface area (Å²) in [6.45, 7) is 9.25. The third-order valence-corrected chi connectivity index (χ3v) is 6.13. The number of anilines is 1. The molecule has 1 aliphatic heterocycles. The molecule has 142 valence electrons. The molecule has 5 nitrogen and oxygen atoms in total. The van der Waals surface area contributed by atoms with Crippen LogP contribution >= 0.6 is 0 Å². The van der Waals surface area contributed by atoms with E-state index in [1.807, 2.05) is 11.8 Å². The molecule has 1 aromatic heterocycles. The Balaban J connectivity index is 1.50. The predicted molar refractivity (Wildman–Crippen MR) is 107 cm³/mol. The zero-order valence-corrected chi connectivity index (χ0v) is 16.4. The van der Waals surface area contributed by atoms with Crippen molar-refractivity contribution < 1.29 is 9.59 Å². The summed E-state index contributed by atoms with van der Waals surface area (Å²) < 4.78 is 0. The predicted octanol–water partition coefficient (Wildman–Crippen LogP) is 3.42. The number of rotatable bonds is 2. The Labute approximate surface area is 160 Å². The maximum atomic E-state index is 13.1. The molecule has 1 aromatic carbocycles. The highest BCUT2D eigenvalue weighted by Crippen LogP contribution is 2.28. The molecule has 0 bridgehead atoms. The van der Waals surface area contributed by atoms with Crippen molar-refractivity contribution in [3.8, 4) is 0 Å². The van der Waals surface area contributed by atoms with Gasteiger partial charge in [0.15, 0.2) is 5.78 Å². The number of nitrogens with one attached hydrogen (secondary N) is 1. The van der Waals surface area contributed by atoms with Crippen molar-refractivity contribution in [3.05, 3.63) is 51.8 Å². The van der Waals surface area contributed by atoms with Crippen molar-refractivity contribution in [2.75, 3.05) is 31.1 Å². The van der Waals surface area contributed by atoms with E-state index in [1.165, 1.54) is 16.8 Å². The van der Waals surface area contributed by atoms with Gasteiger partial charge < -0.3 is 14.8 Å². The molecule has 0 unspecified atom stereocenters. The molecule has 1 N–H and O–H groups in total. The first-order valence-electron chi connectivity index (χ1n) is 9.82. The van der Waals surface area contributed by atoms with E-state index in [9.17, 15) is 9.59 Å². The maximum absolute atomic E-state index is 13.1. The van der Waals surface area contributed by atoms with E-state index in [-0.39, 0.29) is 11.7 Å². The molecule has 2 heterocycles. The largest absolute Gasteiger partial charge is 0.368 e. The minimum atomic E-state index is 0.0234. The van der Waals surface area contributed by atoms with Crippen LogP contribution in [0.3, 0.4) is 0 Å². The third kappa shape index (κ3) is 3.05. The van der Waals surface area contributed by atoms with E-state index >= 15 is 0 Å². The molecule has 5 heteroatoms. The number of H-pyrrole nitrogens is 1. The number of carbonyl (C=O) groups is 2. The molecule has 2 aliphatic rings. The van der Waals surface area contributed by atoms with E-state index in [0.29, 0.717) is 25.2 Å². The molecule has 2 aromatic rings. The summed E-state index contributed by atoms with van der Waals surface area (Å²) in [5, 5.41) is 0. The fourth-order valence-corrected chi connectivity index (χ4v) is 4.37. The van der Waals surface area contributed by atoms with Gasteiger partial charge >= 0.3 is 0 Å². The molecule has 1 aliphatic carbocycles. The second-order valence-electron chi connectivity index (χ2n) is 7.75. The van der Waals surface area contributed by atoms with Crippen LogP contribution in [0.15, 0.2) is 18.2 Å². The minimum absolute atomic E-state index is 0.0234. The molecular weight excluding hydrogens is 338 g/mol. The first-order valence-corrected chi connectivity index (χ1v) is 9.82. The Kier molecular flexibility index (Phi) is 4.54. The van der Waals surface area contributed by atoms with Crippen LogP contribution in [-0.4, -0.2) is 47.8 Å². The molecule has 0 atom stereocenters. The number of aryl methyl sites for hydroxylation is 2. The summed E-state index contributed by atoms with van der Waals surface area (Å²) in [5.74, 6) is 0.194. The average Bonchev–Trinajstić information content (AvgIpc) is 3.01. The molecule has 4 rings (SSSR count). The molecule has 1 saturated heterocycles. The summed E-state index contributed by atoms with van der Waals surface area (Å²) in [6, 6.07) is 6.39. The van der Waals surface area contributed by atoms with Gasteiger partial charge in [0, 0.05) is 49.5 Å². The van der Waals surface area contributed by atoms with Crippen LogP contribution in [-0.2, 0) is 6.42 Å². The molecule has 0 spiro atoms. The van der Waals surface area contributed by atoms with E-state index in [1.54, 1.807) is 0 Å². The Bertz CT molecular complexity index is 905. The van der Waals surface area contributed by atoms with Gasteiger partial charge in [0.05, 0.1) is 0 Å². The highest BCUT2D eigenvalue weighted by molar-refractivity contribution is 6.04. The van der Waals surface area contributed by atoms with E-state index in [2.05, 4.69) is 41.9 Å². The summed E-state index contributed by atoms with van der Waals surface area (Å²) in [5.41, 5.74) is 7.01.